The van der Waals surface area contributed by atoms with Crippen LogP contribution in [0.4, 0.5) is 22.7 Å². The molecule has 0 unspecified atom stereocenters. The van der Waals surface area contributed by atoms with Crippen molar-refractivity contribution in [3.8, 4) is 22.3 Å². The molecule has 0 amide bonds. The van der Waals surface area contributed by atoms with Gasteiger partial charge in [0.05, 0.1) is 6.57 Å². The van der Waals surface area contributed by atoms with Crippen molar-refractivity contribution in [2.75, 3.05) is 4.90 Å². The first kappa shape index (κ1) is 25.6. The summed E-state index contributed by atoms with van der Waals surface area (Å²) in [6.07, 6.45) is 0. The van der Waals surface area contributed by atoms with Crippen molar-refractivity contribution < 1.29 is 4.42 Å². The Bertz CT molecular complexity index is 2330. The highest BCUT2D eigenvalue weighted by Gasteiger charge is 2.16. The fourth-order valence-corrected chi connectivity index (χ4v) is 6.20. The van der Waals surface area contributed by atoms with Crippen LogP contribution in [0.5, 0.6) is 0 Å². The average Bonchev–Trinajstić information content (AvgIpc) is 3.48. The summed E-state index contributed by atoms with van der Waals surface area (Å²) in [6.45, 7) is 7.43. The average molecular weight is 563 g/mol. The minimum atomic E-state index is 0.621. The van der Waals surface area contributed by atoms with Crippen molar-refractivity contribution in [3.63, 3.8) is 0 Å². The highest BCUT2D eigenvalue weighted by atomic mass is 16.3. The van der Waals surface area contributed by atoms with Crippen LogP contribution < -0.4 is 4.90 Å². The number of hydrogen-bond acceptors (Lipinski definition) is 2. The van der Waals surface area contributed by atoms with E-state index in [4.69, 9.17) is 11.0 Å². The standard InChI is InChI=1S/C41H26N2O/c1-42-32-20-24-34(25-21-32)43(35-13-7-12-31(27-35)28-9-3-2-4-10-28)33-22-17-29(18-23-33)36-15-8-11-30-19-26-39-41(40(30)36)37-14-5-6-16-38(37)44-39/h2-27H. The van der Waals surface area contributed by atoms with Gasteiger partial charge in [0.2, 0.25) is 0 Å². The Kier molecular flexibility index (Phi) is 6.18. The highest BCUT2D eigenvalue weighted by Crippen LogP contribution is 2.42. The molecule has 0 bridgehead atoms. The van der Waals surface area contributed by atoms with Crippen LogP contribution in [0.15, 0.2) is 162 Å². The van der Waals surface area contributed by atoms with Crippen LogP contribution in [0.2, 0.25) is 0 Å². The molecule has 0 fully saturated rings. The summed E-state index contributed by atoms with van der Waals surface area (Å²) in [5, 5.41) is 4.66. The molecule has 0 aliphatic heterocycles. The van der Waals surface area contributed by atoms with Gasteiger partial charge in [-0.1, -0.05) is 109 Å². The summed E-state index contributed by atoms with van der Waals surface area (Å²) in [6, 6.07) is 54.5. The number of benzene rings is 7. The van der Waals surface area contributed by atoms with Gasteiger partial charge in [-0.05, 0) is 76.2 Å². The van der Waals surface area contributed by atoms with E-state index in [1.165, 1.54) is 21.9 Å². The third kappa shape index (κ3) is 4.38. The number of fused-ring (bicyclic) bond motifs is 5. The molecule has 3 nitrogen and oxygen atoms in total. The lowest BCUT2D eigenvalue weighted by molar-refractivity contribution is 0.669. The summed E-state index contributed by atoms with van der Waals surface area (Å²) >= 11 is 0. The summed E-state index contributed by atoms with van der Waals surface area (Å²) in [5.41, 5.74) is 10.1. The van der Waals surface area contributed by atoms with Gasteiger partial charge < -0.3 is 9.32 Å². The second kappa shape index (κ2) is 10.6. The third-order valence-corrected chi connectivity index (χ3v) is 8.27. The van der Waals surface area contributed by atoms with Crippen LogP contribution in [0.3, 0.4) is 0 Å². The molecule has 8 rings (SSSR count). The number of rotatable bonds is 5. The molecule has 0 spiro atoms. The molecular weight excluding hydrogens is 536 g/mol. The smallest absolute Gasteiger partial charge is 0.187 e. The van der Waals surface area contributed by atoms with E-state index in [1.54, 1.807) is 0 Å². The maximum absolute atomic E-state index is 7.43. The minimum absolute atomic E-state index is 0.621. The SMILES string of the molecule is [C-]#[N+]c1ccc(N(c2ccc(-c3cccc4ccc5oc6ccccc6c5c34)cc2)c2cccc(-c3ccccc3)c2)cc1. The van der Waals surface area contributed by atoms with Crippen LogP contribution in [0.25, 0.3) is 59.8 Å². The van der Waals surface area contributed by atoms with Gasteiger partial charge in [-0.15, -0.1) is 0 Å². The largest absolute Gasteiger partial charge is 0.456 e. The lowest BCUT2D eigenvalue weighted by atomic mass is 9.94. The Labute approximate surface area is 255 Å². The zero-order valence-electron chi connectivity index (χ0n) is 23.8. The van der Waals surface area contributed by atoms with Crippen molar-refractivity contribution in [2.45, 2.75) is 0 Å². The maximum atomic E-state index is 7.43. The normalized spacial score (nSPS) is 11.2. The van der Waals surface area contributed by atoms with Crippen molar-refractivity contribution in [1.29, 1.82) is 0 Å². The summed E-state index contributed by atoms with van der Waals surface area (Å²) in [7, 11) is 0. The second-order valence-electron chi connectivity index (χ2n) is 10.9. The molecule has 44 heavy (non-hydrogen) atoms. The molecule has 0 aliphatic rings. The highest BCUT2D eigenvalue weighted by molar-refractivity contribution is 6.22. The summed E-state index contributed by atoms with van der Waals surface area (Å²) in [4.78, 5) is 5.85. The van der Waals surface area contributed by atoms with Crippen LogP contribution in [0, 0.1) is 6.57 Å². The van der Waals surface area contributed by atoms with Crippen molar-refractivity contribution in [1.82, 2.24) is 0 Å². The van der Waals surface area contributed by atoms with Gasteiger partial charge >= 0.3 is 0 Å². The molecule has 0 N–H and O–H groups in total. The molecule has 0 radical (unpaired) electrons. The molecule has 8 aromatic rings. The molecule has 206 valence electrons. The van der Waals surface area contributed by atoms with E-state index < -0.39 is 0 Å². The van der Waals surface area contributed by atoms with Gasteiger partial charge in [0, 0.05) is 33.2 Å². The Morgan fingerprint density at radius 3 is 1.98 bits per heavy atom. The first-order chi connectivity index (χ1) is 21.8. The molecule has 0 atom stereocenters. The molecule has 7 aromatic carbocycles. The number of hydrogen-bond donors (Lipinski definition) is 0. The quantitative estimate of drug-likeness (QED) is 0.195. The number of para-hydroxylation sites is 1. The van der Waals surface area contributed by atoms with Crippen LogP contribution in [-0.2, 0) is 0 Å². The fraction of sp³-hybridized carbons (Fsp3) is 0. The Balaban J connectivity index is 1.27. The Hall–Kier alpha value is -6.11. The van der Waals surface area contributed by atoms with E-state index in [0.717, 1.165) is 50.1 Å². The van der Waals surface area contributed by atoms with Gasteiger partial charge in [-0.25, -0.2) is 4.85 Å². The lowest BCUT2D eigenvalue weighted by Crippen LogP contribution is -2.09. The fourth-order valence-electron chi connectivity index (χ4n) is 6.20. The molecule has 1 aromatic heterocycles. The predicted octanol–water partition coefficient (Wildman–Crippen LogP) is 12.1. The van der Waals surface area contributed by atoms with Gasteiger partial charge in [0.15, 0.2) is 5.69 Å². The third-order valence-electron chi connectivity index (χ3n) is 8.27. The molecule has 3 heteroatoms. The Morgan fingerprint density at radius 1 is 0.477 bits per heavy atom. The molecule has 0 aliphatic carbocycles. The zero-order valence-corrected chi connectivity index (χ0v) is 23.8. The van der Waals surface area contributed by atoms with Gasteiger partial charge in [0.25, 0.3) is 0 Å². The van der Waals surface area contributed by atoms with Gasteiger partial charge in [-0.2, -0.15) is 0 Å². The Morgan fingerprint density at radius 2 is 1.18 bits per heavy atom. The number of anilines is 3. The van der Waals surface area contributed by atoms with Gasteiger partial charge in [0.1, 0.15) is 11.2 Å². The van der Waals surface area contributed by atoms with Crippen LogP contribution >= 0.6 is 0 Å². The molecule has 1 heterocycles. The monoisotopic (exact) mass is 562 g/mol. The van der Waals surface area contributed by atoms with Crippen molar-refractivity contribution >= 4 is 55.5 Å². The topological polar surface area (TPSA) is 20.7 Å². The second-order valence-corrected chi connectivity index (χ2v) is 10.9. The number of nitrogens with zero attached hydrogens (tertiary/aromatic N) is 2. The van der Waals surface area contributed by atoms with E-state index in [1.807, 2.05) is 42.5 Å². The molecule has 0 saturated carbocycles. The number of furan rings is 1. The van der Waals surface area contributed by atoms with Crippen molar-refractivity contribution in [2.24, 2.45) is 0 Å². The molecule has 0 saturated heterocycles. The van der Waals surface area contributed by atoms with Gasteiger partial charge in [-0.3, -0.25) is 0 Å². The maximum Gasteiger partial charge on any atom is 0.187 e. The summed E-state index contributed by atoms with van der Waals surface area (Å²) in [5.74, 6) is 0. The van der Waals surface area contributed by atoms with Crippen molar-refractivity contribution in [3.05, 3.63) is 169 Å². The van der Waals surface area contributed by atoms with E-state index in [9.17, 15) is 0 Å². The predicted molar refractivity (Wildman–Crippen MR) is 183 cm³/mol. The van der Waals surface area contributed by atoms with E-state index >= 15 is 0 Å². The summed E-state index contributed by atoms with van der Waals surface area (Å²) < 4.78 is 6.23. The first-order valence-corrected chi connectivity index (χ1v) is 14.6. The lowest BCUT2D eigenvalue weighted by Gasteiger charge is -2.26. The first-order valence-electron chi connectivity index (χ1n) is 14.6. The zero-order chi connectivity index (χ0) is 29.5. The van der Waals surface area contributed by atoms with E-state index in [0.29, 0.717) is 5.69 Å². The van der Waals surface area contributed by atoms with E-state index in [-0.39, 0.29) is 0 Å². The molecular formula is C41H26N2O. The minimum Gasteiger partial charge on any atom is -0.456 e. The van der Waals surface area contributed by atoms with E-state index in [2.05, 4.69) is 125 Å². The van der Waals surface area contributed by atoms with Crippen LogP contribution in [-0.4, -0.2) is 0 Å². The van der Waals surface area contributed by atoms with Crippen LogP contribution in [0.1, 0.15) is 0 Å².